The highest BCUT2D eigenvalue weighted by atomic mass is 35.5. The summed E-state index contributed by atoms with van der Waals surface area (Å²) in [7, 11) is 1.74. The second-order valence-corrected chi connectivity index (χ2v) is 6.47. The zero-order chi connectivity index (χ0) is 15.2. The summed E-state index contributed by atoms with van der Waals surface area (Å²) in [6.45, 7) is 5.92. The lowest BCUT2D eigenvalue weighted by Gasteiger charge is -2.32. The Morgan fingerprint density at radius 2 is 2.24 bits per heavy atom. The van der Waals surface area contributed by atoms with Crippen molar-refractivity contribution < 1.29 is 4.74 Å². The fraction of sp³-hybridized carbons (Fsp3) is 0.625. The summed E-state index contributed by atoms with van der Waals surface area (Å²) in [6.07, 6.45) is 2.49. The van der Waals surface area contributed by atoms with E-state index in [0.29, 0.717) is 6.04 Å². The van der Waals surface area contributed by atoms with Crippen molar-refractivity contribution in [1.82, 2.24) is 10.2 Å². The topological polar surface area (TPSA) is 24.5 Å². The minimum atomic E-state index is 0.216. The molecule has 1 N–H and O–H groups in total. The Labute approximate surface area is 137 Å². The Bertz CT molecular complexity index is 450. The zero-order valence-electron chi connectivity index (χ0n) is 12.7. The molecule has 1 fully saturated rings. The third kappa shape index (κ3) is 4.83. The fourth-order valence-corrected chi connectivity index (χ4v) is 3.33. The molecule has 2 unspecified atom stereocenters. The van der Waals surface area contributed by atoms with Crippen LogP contribution in [0.25, 0.3) is 0 Å². The summed E-state index contributed by atoms with van der Waals surface area (Å²) in [4.78, 5) is 2.42. The van der Waals surface area contributed by atoms with Gasteiger partial charge in [0.15, 0.2) is 0 Å². The zero-order valence-corrected chi connectivity index (χ0v) is 14.3. The molecule has 0 aromatic heterocycles. The van der Waals surface area contributed by atoms with Gasteiger partial charge in [-0.1, -0.05) is 23.2 Å². The number of halogens is 2. The van der Waals surface area contributed by atoms with E-state index in [9.17, 15) is 0 Å². The molecule has 1 aromatic rings. The van der Waals surface area contributed by atoms with Crippen LogP contribution in [0.3, 0.4) is 0 Å². The van der Waals surface area contributed by atoms with E-state index >= 15 is 0 Å². The van der Waals surface area contributed by atoms with Crippen molar-refractivity contribution in [3.05, 3.63) is 33.8 Å². The van der Waals surface area contributed by atoms with Crippen LogP contribution in [-0.2, 0) is 4.74 Å². The summed E-state index contributed by atoms with van der Waals surface area (Å²) in [6, 6.07) is 6.45. The number of hydrogen-bond donors (Lipinski definition) is 1. The van der Waals surface area contributed by atoms with Gasteiger partial charge in [0, 0.05) is 42.3 Å². The van der Waals surface area contributed by atoms with E-state index in [-0.39, 0.29) is 6.04 Å². The molecule has 2 rings (SSSR count). The Morgan fingerprint density at radius 1 is 1.43 bits per heavy atom. The maximum Gasteiger partial charge on any atom is 0.0589 e. The lowest BCUT2D eigenvalue weighted by Crippen LogP contribution is -2.40. The van der Waals surface area contributed by atoms with Gasteiger partial charge in [0.05, 0.1) is 6.61 Å². The maximum absolute atomic E-state index is 6.35. The maximum atomic E-state index is 6.35. The van der Waals surface area contributed by atoms with Gasteiger partial charge in [0.1, 0.15) is 0 Å². The molecule has 0 spiro atoms. The Kier molecular flexibility index (Phi) is 6.77. The van der Waals surface area contributed by atoms with Gasteiger partial charge >= 0.3 is 0 Å². The Hall–Kier alpha value is -0.320. The van der Waals surface area contributed by atoms with Crippen LogP contribution < -0.4 is 5.32 Å². The smallest absolute Gasteiger partial charge is 0.0589 e. The molecule has 1 aliphatic rings. The molecule has 0 aliphatic carbocycles. The minimum absolute atomic E-state index is 0.216. The summed E-state index contributed by atoms with van der Waals surface area (Å²) in [5.41, 5.74) is 1.08. The molecule has 0 saturated carbocycles. The molecule has 118 valence electrons. The van der Waals surface area contributed by atoms with E-state index in [1.165, 1.54) is 12.8 Å². The van der Waals surface area contributed by atoms with Crippen LogP contribution in [0.2, 0.25) is 10.0 Å². The highest BCUT2D eigenvalue weighted by Crippen LogP contribution is 2.30. The van der Waals surface area contributed by atoms with Gasteiger partial charge < -0.3 is 10.1 Å². The van der Waals surface area contributed by atoms with Crippen LogP contribution in [0.5, 0.6) is 0 Å². The summed E-state index contributed by atoms with van der Waals surface area (Å²) < 4.78 is 5.26. The standard InChI is InChI=1S/C16H24Cl2N2O/c1-12(15-10-13(17)5-6-16(15)18)20(8-9-21-2)11-14-4-3-7-19-14/h5-6,10,12,14,19H,3-4,7-9,11H2,1-2H3. The molecular formula is C16H24Cl2N2O. The molecule has 0 amide bonds. The van der Waals surface area contributed by atoms with Crippen LogP contribution in [0.1, 0.15) is 31.4 Å². The highest BCUT2D eigenvalue weighted by molar-refractivity contribution is 6.33. The summed E-state index contributed by atoms with van der Waals surface area (Å²) >= 11 is 12.5. The van der Waals surface area contributed by atoms with Crippen LogP contribution >= 0.6 is 23.2 Å². The third-order valence-corrected chi connectivity index (χ3v) is 4.74. The van der Waals surface area contributed by atoms with E-state index in [0.717, 1.165) is 41.8 Å². The first-order valence-electron chi connectivity index (χ1n) is 7.53. The predicted molar refractivity (Wildman–Crippen MR) is 89.4 cm³/mol. The van der Waals surface area contributed by atoms with Gasteiger partial charge in [-0.05, 0) is 50.1 Å². The van der Waals surface area contributed by atoms with Gasteiger partial charge in [-0.2, -0.15) is 0 Å². The van der Waals surface area contributed by atoms with Crippen molar-refractivity contribution in [1.29, 1.82) is 0 Å². The Balaban J connectivity index is 2.11. The molecule has 5 heteroatoms. The fourth-order valence-electron chi connectivity index (χ4n) is 2.88. The number of hydrogen-bond acceptors (Lipinski definition) is 3. The number of benzene rings is 1. The highest BCUT2D eigenvalue weighted by Gasteiger charge is 2.23. The summed E-state index contributed by atoms with van der Waals surface area (Å²) in [5, 5.41) is 5.05. The SMILES string of the molecule is COCCN(CC1CCCN1)C(C)c1cc(Cl)ccc1Cl. The number of nitrogens with one attached hydrogen (secondary N) is 1. The number of ether oxygens (including phenoxy) is 1. The molecule has 21 heavy (non-hydrogen) atoms. The van der Waals surface area contributed by atoms with Crippen molar-refractivity contribution in [2.75, 3.05) is 33.4 Å². The first kappa shape index (κ1) is 17.0. The number of rotatable bonds is 7. The van der Waals surface area contributed by atoms with Crippen molar-refractivity contribution in [3.63, 3.8) is 0 Å². The molecule has 2 atom stereocenters. The monoisotopic (exact) mass is 330 g/mol. The predicted octanol–water partition coefficient (Wildman–Crippen LogP) is 3.75. The number of nitrogens with zero attached hydrogens (tertiary/aromatic N) is 1. The number of methoxy groups -OCH3 is 1. The first-order valence-corrected chi connectivity index (χ1v) is 8.28. The molecule has 0 radical (unpaired) electrons. The lowest BCUT2D eigenvalue weighted by molar-refractivity contribution is 0.118. The third-order valence-electron chi connectivity index (χ3n) is 4.16. The van der Waals surface area contributed by atoms with Gasteiger partial charge in [0.2, 0.25) is 0 Å². The summed E-state index contributed by atoms with van der Waals surface area (Å²) in [5.74, 6) is 0. The van der Waals surface area contributed by atoms with Crippen molar-refractivity contribution in [2.24, 2.45) is 0 Å². The molecule has 1 heterocycles. The largest absolute Gasteiger partial charge is 0.383 e. The van der Waals surface area contributed by atoms with Crippen LogP contribution in [0.15, 0.2) is 18.2 Å². The average molecular weight is 331 g/mol. The van der Waals surface area contributed by atoms with Gasteiger partial charge in [-0.25, -0.2) is 0 Å². The lowest BCUT2D eigenvalue weighted by atomic mass is 10.1. The van der Waals surface area contributed by atoms with E-state index < -0.39 is 0 Å². The second-order valence-electron chi connectivity index (χ2n) is 5.62. The van der Waals surface area contributed by atoms with E-state index in [1.807, 2.05) is 18.2 Å². The molecule has 1 aliphatic heterocycles. The van der Waals surface area contributed by atoms with Crippen LogP contribution in [-0.4, -0.2) is 44.3 Å². The van der Waals surface area contributed by atoms with E-state index in [4.69, 9.17) is 27.9 Å². The molecule has 3 nitrogen and oxygen atoms in total. The molecule has 0 bridgehead atoms. The minimum Gasteiger partial charge on any atom is -0.383 e. The second kappa shape index (κ2) is 8.35. The van der Waals surface area contributed by atoms with Gasteiger partial charge in [-0.15, -0.1) is 0 Å². The van der Waals surface area contributed by atoms with Crippen molar-refractivity contribution in [3.8, 4) is 0 Å². The van der Waals surface area contributed by atoms with Crippen LogP contribution in [0, 0.1) is 0 Å². The van der Waals surface area contributed by atoms with Crippen LogP contribution in [0.4, 0.5) is 0 Å². The average Bonchev–Trinajstić information content (AvgIpc) is 2.98. The van der Waals surface area contributed by atoms with Gasteiger partial charge in [0.25, 0.3) is 0 Å². The molecule has 1 saturated heterocycles. The van der Waals surface area contributed by atoms with E-state index in [2.05, 4.69) is 17.1 Å². The quantitative estimate of drug-likeness (QED) is 0.823. The van der Waals surface area contributed by atoms with E-state index in [1.54, 1.807) is 7.11 Å². The first-order chi connectivity index (χ1) is 10.1. The van der Waals surface area contributed by atoms with Crippen molar-refractivity contribution >= 4 is 23.2 Å². The van der Waals surface area contributed by atoms with Gasteiger partial charge in [-0.3, -0.25) is 4.90 Å². The van der Waals surface area contributed by atoms with Crippen molar-refractivity contribution in [2.45, 2.75) is 31.8 Å². The molecule has 1 aromatic carbocycles. The Morgan fingerprint density at radius 3 is 2.90 bits per heavy atom. The molecular weight excluding hydrogens is 307 g/mol. The normalized spacial score (nSPS) is 20.1.